The number of benzene rings is 2. The summed E-state index contributed by atoms with van der Waals surface area (Å²) in [6.45, 7) is 6.62. The molecule has 1 aliphatic rings. The van der Waals surface area contributed by atoms with Crippen LogP contribution in [-0.2, 0) is 21.8 Å². The van der Waals surface area contributed by atoms with Gasteiger partial charge in [-0.3, -0.25) is 4.79 Å². The molecule has 28 heavy (non-hydrogen) atoms. The van der Waals surface area contributed by atoms with Crippen LogP contribution in [0.1, 0.15) is 48.7 Å². The van der Waals surface area contributed by atoms with Gasteiger partial charge in [0.25, 0.3) is 5.91 Å². The second-order valence-corrected chi connectivity index (χ2v) is 10.6. The summed E-state index contributed by atoms with van der Waals surface area (Å²) < 4.78 is 38.1. The molecule has 1 heterocycles. The zero-order chi connectivity index (χ0) is 20.5. The van der Waals surface area contributed by atoms with Gasteiger partial charge in [-0.05, 0) is 35.1 Å². The van der Waals surface area contributed by atoms with Crippen LogP contribution in [-0.4, -0.2) is 36.8 Å². The Kier molecular flexibility index (Phi) is 5.62. The molecule has 6 heteroatoms. The number of amides is 1. The van der Waals surface area contributed by atoms with E-state index in [4.69, 9.17) is 0 Å². The van der Waals surface area contributed by atoms with Crippen LogP contribution >= 0.6 is 0 Å². The fraction of sp³-hybridized carbons (Fsp3) is 0.409. The Morgan fingerprint density at radius 3 is 2.29 bits per heavy atom. The third-order valence-corrected chi connectivity index (χ3v) is 6.94. The van der Waals surface area contributed by atoms with Crippen molar-refractivity contribution in [2.24, 2.45) is 0 Å². The molecule has 0 radical (unpaired) electrons. The smallest absolute Gasteiger partial charge is 0.257 e. The van der Waals surface area contributed by atoms with Crippen LogP contribution in [0.25, 0.3) is 0 Å². The van der Waals surface area contributed by atoms with Crippen molar-refractivity contribution in [1.82, 2.24) is 4.90 Å². The van der Waals surface area contributed by atoms with Crippen molar-refractivity contribution in [1.29, 1.82) is 0 Å². The number of carbonyl (C=O) groups is 1. The van der Waals surface area contributed by atoms with Crippen LogP contribution < -0.4 is 0 Å². The summed E-state index contributed by atoms with van der Waals surface area (Å²) in [5.74, 6) is -1.09. The number of rotatable bonds is 4. The van der Waals surface area contributed by atoms with Gasteiger partial charge in [0.2, 0.25) is 0 Å². The topological polar surface area (TPSA) is 54.5 Å². The van der Waals surface area contributed by atoms with E-state index in [1.807, 2.05) is 24.3 Å². The maximum Gasteiger partial charge on any atom is 0.257 e. The summed E-state index contributed by atoms with van der Waals surface area (Å²) in [5, 5.41) is 0. The van der Waals surface area contributed by atoms with Gasteiger partial charge in [0.1, 0.15) is 5.82 Å². The van der Waals surface area contributed by atoms with Crippen LogP contribution in [0.3, 0.4) is 0 Å². The molecule has 1 saturated heterocycles. The summed E-state index contributed by atoms with van der Waals surface area (Å²) in [4.78, 5) is 14.6. The summed E-state index contributed by atoms with van der Waals surface area (Å²) in [6.07, 6.45) is 0.378. The highest BCUT2D eigenvalue weighted by Gasteiger charge is 2.35. The molecule has 1 amide bonds. The minimum Gasteiger partial charge on any atom is -0.330 e. The van der Waals surface area contributed by atoms with Crippen molar-refractivity contribution in [3.8, 4) is 0 Å². The Balaban J connectivity index is 1.91. The second-order valence-electron chi connectivity index (χ2n) is 8.42. The Morgan fingerprint density at radius 2 is 1.75 bits per heavy atom. The van der Waals surface area contributed by atoms with Crippen molar-refractivity contribution >= 4 is 15.7 Å². The van der Waals surface area contributed by atoms with Crippen molar-refractivity contribution in [2.75, 3.05) is 11.5 Å². The van der Waals surface area contributed by atoms with Crippen molar-refractivity contribution in [2.45, 2.75) is 45.2 Å². The number of sulfone groups is 1. The number of hydrogen-bond acceptors (Lipinski definition) is 3. The predicted octanol–water partition coefficient (Wildman–Crippen LogP) is 3.95. The van der Waals surface area contributed by atoms with Crippen LogP contribution in [0.5, 0.6) is 0 Å². The lowest BCUT2D eigenvalue weighted by atomic mass is 9.86. The maximum absolute atomic E-state index is 14.2. The lowest BCUT2D eigenvalue weighted by Crippen LogP contribution is -2.41. The molecule has 0 aliphatic carbocycles. The van der Waals surface area contributed by atoms with Gasteiger partial charge in [0, 0.05) is 12.6 Å². The van der Waals surface area contributed by atoms with E-state index >= 15 is 0 Å². The van der Waals surface area contributed by atoms with Gasteiger partial charge in [0.15, 0.2) is 9.84 Å². The first-order valence-electron chi connectivity index (χ1n) is 9.42. The van der Waals surface area contributed by atoms with E-state index < -0.39 is 27.6 Å². The third kappa shape index (κ3) is 4.61. The molecule has 1 atom stereocenters. The Bertz CT molecular complexity index is 962. The zero-order valence-corrected chi connectivity index (χ0v) is 17.3. The van der Waals surface area contributed by atoms with Crippen LogP contribution in [0.2, 0.25) is 0 Å². The lowest BCUT2D eigenvalue weighted by molar-refractivity contribution is 0.0676. The molecule has 0 N–H and O–H groups in total. The molecule has 1 fully saturated rings. The summed E-state index contributed by atoms with van der Waals surface area (Å²) >= 11 is 0. The molecule has 0 saturated carbocycles. The summed E-state index contributed by atoms with van der Waals surface area (Å²) in [5.41, 5.74) is 2.05. The molecule has 0 spiro atoms. The Morgan fingerprint density at radius 1 is 1.11 bits per heavy atom. The van der Waals surface area contributed by atoms with Crippen molar-refractivity contribution in [3.05, 3.63) is 71.0 Å². The molecule has 0 aromatic heterocycles. The Hall–Kier alpha value is -2.21. The largest absolute Gasteiger partial charge is 0.330 e. The quantitative estimate of drug-likeness (QED) is 0.777. The standard InChI is InChI=1S/C22H26FNO3S/c1-22(2,3)17-10-8-16(9-11-17)14-24(18-12-13-28(26,27)15-18)21(25)19-6-4-5-7-20(19)23/h4-11,18H,12-15H2,1-3H3. The molecule has 2 aromatic carbocycles. The predicted molar refractivity (Wildman–Crippen MR) is 108 cm³/mol. The maximum atomic E-state index is 14.2. The summed E-state index contributed by atoms with van der Waals surface area (Å²) in [6, 6.07) is 13.3. The SMILES string of the molecule is CC(C)(C)c1ccc(CN(C(=O)c2ccccc2F)C2CCS(=O)(=O)C2)cc1. The molecular weight excluding hydrogens is 377 g/mol. The highest BCUT2D eigenvalue weighted by molar-refractivity contribution is 7.91. The van der Waals surface area contributed by atoms with Gasteiger partial charge in [-0.25, -0.2) is 12.8 Å². The van der Waals surface area contributed by atoms with Gasteiger partial charge in [-0.1, -0.05) is 57.2 Å². The van der Waals surface area contributed by atoms with Crippen molar-refractivity contribution in [3.63, 3.8) is 0 Å². The van der Waals surface area contributed by atoms with Gasteiger partial charge < -0.3 is 4.90 Å². The second kappa shape index (κ2) is 7.66. The van der Waals surface area contributed by atoms with Crippen LogP contribution in [0.4, 0.5) is 4.39 Å². The molecule has 4 nitrogen and oxygen atoms in total. The molecule has 150 valence electrons. The molecule has 3 rings (SSSR count). The molecule has 1 aliphatic heterocycles. The zero-order valence-electron chi connectivity index (χ0n) is 16.5. The Labute approximate surface area is 166 Å². The first kappa shape index (κ1) is 20.5. The fourth-order valence-electron chi connectivity index (χ4n) is 3.48. The molecule has 2 aromatic rings. The molecule has 1 unspecified atom stereocenters. The average Bonchev–Trinajstić information content (AvgIpc) is 2.99. The van der Waals surface area contributed by atoms with Gasteiger partial charge in [-0.2, -0.15) is 0 Å². The lowest BCUT2D eigenvalue weighted by Gasteiger charge is -2.29. The van der Waals surface area contributed by atoms with E-state index in [9.17, 15) is 17.6 Å². The minimum absolute atomic E-state index is 0.0146. The minimum atomic E-state index is -3.17. The highest BCUT2D eigenvalue weighted by Crippen LogP contribution is 2.25. The first-order valence-corrected chi connectivity index (χ1v) is 11.2. The van der Waals surface area contributed by atoms with E-state index in [1.54, 1.807) is 6.07 Å². The van der Waals surface area contributed by atoms with Crippen LogP contribution in [0.15, 0.2) is 48.5 Å². The number of carbonyl (C=O) groups excluding carboxylic acids is 1. The average molecular weight is 404 g/mol. The monoisotopic (exact) mass is 403 g/mol. The van der Waals surface area contributed by atoms with Crippen molar-refractivity contribution < 1.29 is 17.6 Å². The highest BCUT2D eigenvalue weighted by atomic mass is 32.2. The molecule has 0 bridgehead atoms. The van der Waals surface area contributed by atoms with E-state index in [2.05, 4.69) is 20.8 Å². The normalized spacial score (nSPS) is 18.8. The van der Waals surface area contributed by atoms with E-state index in [1.165, 1.54) is 28.7 Å². The first-order chi connectivity index (χ1) is 13.1. The van der Waals surface area contributed by atoms with Gasteiger partial charge in [-0.15, -0.1) is 0 Å². The molecular formula is C22H26FNO3S. The van der Waals surface area contributed by atoms with E-state index in [0.29, 0.717) is 6.42 Å². The number of halogens is 1. The fourth-order valence-corrected chi connectivity index (χ4v) is 5.21. The number of nitrogens with zero attached hydrogens (tertiary/aromatic N) is 1. The van der Waals surface area contributed by atoms with Gasteiger partial charge >= 0.3 is 0 Å². The third-order valence-electron chi connectivity index (χ3n) is 5.19. The summed E-state index contributed by atoms with van der Waals surface area (Å²) in [7, 11) is -3.17. The van der Waals surface area contributed by atoms with Crippen LogP contribution in [0, 0.1) is 5.82 Å². The number of hydrogen-bond donors (Lipinski definition) is 0. The van der Waals surface area contributed by atoms with Gasteiger partial charge in [0.05, 0.1) is 17.1 Å². The van der Waals surface area contributed by atoms with E-state index in [-0.39, 0.29) is 29.0 Å². The van der Waals surface area contributed by atoms with E-state index in [0.717, 1.165) is 5.56 Å².